The second kappa shape index (κ2) is 7.95. The van der Waals surface area contributed by atoms with Crippen molar-refractivity contribution < 1.29 is 0 Å². The Hall–Kier alpha value is -0.860. The maximum atomic E-state index is 3.78. The summed E-state index contributed by atoms with van der Waals surface area (Å²) in [6.07, 6.45) is 5.21. The molecule has 2 nitrogen and oxygen atoms in total. The predicted molar refractivity (Wildman–Crippen MR) is 91.7 cm³/mol. The maximum Gasteiger partial charge on any atom is 0.0475 e. The third-order valence-corrected chi connectivity index (χ3v) is 4.55. The van der Waals surface area contributed by atoms with Gasteiger partial charge in [-0.2, -0.15) is 0 Å². The largest absolute Gasteiger partial charge is 0.309 e. The minimum atomic E-state index is 0.442. The van der Waals surface area contributed by atoms with Crippen molar-refractivity contribution in [2.75, 3.05) is 13.1 Å². The van der Waals surface area contributed by atoms with E-state index in [-0.39, 0.29) is 0 Å². The number of aryl methyl sites for hydroxylation is 1. The third-order valence-electron chi connectivity index (χ3n) is 4.55. The Morgan fingerprint density at radius 1 is 1.14 bits per heavy atom. The van der Waals surface area contributed by atoms with Gasteiger partial charge in [0, 0.05) is 18.1 Å². The molecule has 1 saturated carbocycles. The quantitative estimate of drug-likeness (QED) is 0.729. The second-order valence-corrected chi connectivity index (χ2v) is 6.55. The average Bonchev–Trinajstić information content (AvgIpc) is 3.31. The summed E-state index contributed by atoms with van der Waals surface area (Å²) in [5, 5.41) is 3.78. The fourth-order valence-corrected chi connectivity index (χ4v) is 3.22. The van der Waals surface area contributed by atoms with Gasteiger partial charge in [0.05, 0.1) is 0 Å². The summed E-state index contributed by atoms with van der Waals surface area (Å²) in [6.45, 7) is 11.4. The summed E-state index contributed by atoms with van der Waals surface area (Å²) in [4.78, 5) is 2.73. The zero-order valence-corrected chi connectivity index (χ0v) is 14.2. The van der Waals surface area contributed by atoms with Gasteiger partial charge in [0.1, 0.15) is 0 Å². The molecule has 2 heteroatoms. The van der Waals surface area contributed by atoms with E-state index >= 15 is 0 Å². The van der Waals surface area contributed by atoms with E-state index in [1.54, 1.807) is 0 Å². The van der Waals surface area contributed by atoms with Crippen molar-refractivity contribution in [3.63, 3.8) is 0 Å². The normalized spacial score (nSPS) is 18.0. The molecule has 1 fully saturated rings. The van der Waals surface area contributed by atoms with E-state index in [0.29, 0.717) is 12.1 Å². The van der Waals surface area contributed by atoms with E-state index in [4.69, 9.17) is 0 Å². The molecule has 0 amide bonds. The van der Waals surface area contributed by atoms with Crippen LogP contribution in [0.5, 0.6) is 0 Å². The number of rotatable bonds is 9. The number of hydrogen-bond donors (Lipinski definition) is 1. The summed E-state index contributed by atoms with van der Waals surface area (Å²) in [5.74, 6) is 0. The highest BCUT2D eigenvalue weighted by Crippen LogP contribution is 2.32. The van der Waals surface area contributed by atoms with E-state index in [0.717, 1.165) is 12.6 Å². The Morgan fingerprint density at radius 2 is 1.81 bits per heavy atom. The van der Waals surface area contributed by atoms with Crippen molar-refractivity contribution in [2.45, 2.75) is 71.5 Å². The van der Waals surface area contributed by atoms with Crippen molar-refractivity contribution in [3.05, 3.63) is 35.4 Å². The number of benzene rings is 1. The van der Waals surface area contributed by atoms with E-state index in [1.807, 2.05) is 0 Å². The molecule has 2 unspecified atom stereocenters. The van der Waals surface area contributed by atoms with Crippen LogP contribution in [0.4, 0.5) is 0 Å². The molecule has 0 heterocycles. The Labute approximate surface area is 130 Å². The number of nitrogens with one attached hydrogen (secondary N) is 1. The Kier molecular flexibility index (Phi) is 6.25. The molecule has 1 aromatic carbocycles. The first-order valence-corrected chi connectivity index (χ1v) is 8.73. The van der Waals surface area contributed by atoms with Crippen molar-refractivity contribution in [3.8, 4) is 0 Å². The van der Waals surface area contributed by atoms with Crippen molar-refractivity contribution >= 4 is 0 Å². The molecule has 0 aliphatic heterocycles. The lowest BCUT2D eigenvalue weighted by atomic mass is 9.97. The van der Waals surface area contributed by atoms with Crippen molar-refractivity contribution in [1.82, 2.24) is 10.2 Å². The first kappa shape index (κ1) is 16.5. The van der Waals surface area contributed by atoms with Gasteiger partial charge in [0.2, 0.25) is 0 Å². The number of hydrogen-bond acceptors (Lipinski definition) is 2. The lowest BCUT2D eigenvalue weighted by molar-refractivity contribution is 0.159. The second-order valence-electron chi connectivity index (χ2n) is 6.55. The van der Waals surface area contributed by atoms with Crippen molar-refractivity contribution in [1.29, 1.82) is 0 Å². The van der Waals surface area contributed by atoms with Gasteiger partial charge in [-0.1, -0.05) is 43.7 Å². The molecule has 0 spiro atoms. The minimum Gasteiger partial charge on any atom is -0.309 e. The fraction of sp³-hybridized carbons (Fsp3) is 0.684. The van der Waals surface area contributed by atoms with Gasteiger partial charge in [0.15, 0.2) is 0 Å². The first-order chi connectivity index (χ1) is 10.2. The molecule has 1 N–H and O–H groups in total. The van der Waals surface area contributed by atoms with E-state index in [2.05, 4.69) is 62.2 Å². The first-order valence-electron chi connectivity index (χ1n) is 8.73. The van der Waals surface area contributed by atoms with Crippen LogP contribution in [0, 0.1) is 6.92 Å². The molecule has 1 aliphatic carbocycles. The monoisotopic (exact) mass is 288 g/mol. The van der Waals surface area contributed by atoms with E-state index < -0.39 is 0 Å². The SMILES string of the molecule is CCCNC(c1ccc(C)cc1)C(C)N(CCC)C1CC1. The molecule has 118 valence electrons. The third kappa shape index (κ3) is 4.55. The van der Waals surface area contributed by atoms with Crippen LogP contribution < -0.4 is 5.32 Å². The predicted octanol–water partition coefficient (Wildman–Crippen LogP) is 4.30. The van der Waals surface area contributed by atoms with E-state index in [9.17, 15) is 0 Å². The molecule has 21 heavy (non-hydrogen) atoms. The highest BCUT2D eigenvalue weighted by molar-refractivity contribution is 5.25. The summed E-state index contributed by atoms with van der Waals surface area (Å²) in [7, 11) is 0. The van der Waals surface area contributed by atoms with Crippen LogP contribution >= 0.6 is 0 Å². The summed E-state index contributed by atoms with van der Waals surface area (Å²) in [6, 6.07) is 10.9. The lowest BCUT2D eigenvalue weighted by Crippen LogP contribution is -2.44. The van der Waals surface area contributed by atoms with Crippen LogP contribution in [0.1, 0.15) is 63.6 Å². The van der Waals surface area contributed by atoms with Crippen molar-refractivity contribution in [2.24, 2.45) is 0 Å². The van der Waals surface area contributed by atoms with Crippen LogP contribution in [-0.2, 0) is 0 Å². The van der Waals surface area contributed by atoms with Gasteiger partial charge in [-0.25, -0.2) is 0 Å². The topological polar surface area (TPSA) is 15.3 Å². The molecule has 0 saturated heterocycles. The van der Waals surface area contributed by atoms with Gasteiger partial charge in [-0.15, -0.1) is 0 Å². The molecule has 0 bridgehead atoms. The zero-order chi connectivity index (χ0) is 15.2. The van der Waals surface area contributed by atoms with Crippen LogP contribution in [0.3, 0.4) is 0 Å². The molecule has 0 radical (unpaired) electrons. The molecular formula is C19H32N2. The summed E-state index contributed by atoms with van der Waals surface area (Å²) < 4.78 is 0. The van der Waals surface area contributed by atoms with Gasteiger partial charge in [0.25, 0.3) is 0 Å². The highest BCUT2D eigenvalue weighted by Gasteiger charge is 2.34. The molecule has 1 aliphatic rings. The van der Waals surface area contributed by atoms with Crippen LogP contribution in [-0.4, -0.2) is 30.1 Å². The molecular weight excluding hydrogens is 256 g/mol. The zero-order valence-electron chi connectivity index (χ0n) is 14.2. The molecule has 1 aromatic rings. The summed E-state index contributed by atoms with van der Waals surface area (Å²) >= 11 is 0. The Morgan fingerprint density at radius 3 is 2.33 bits per heavy atom. The highest BCUT2D eigenvalue weighted by atomic mass is 15.2. The van der Waals surface area contributed by atoms with Crippen LogP contribution in [0.25, 0.3) is 0 Å². The number of nitrogens with zero attached hydrogens (tertiary/aromatic N) is 1. The fourth-order valence-electron chi connectivity index (χ4n) is 3.22. The van der Waals surface area contributed by atoms with Gasteiger partial charge in [-0.3, -0.25) is 4.90 Å². The minimum absolute atomic E-state index is 0.442. The molecule has 2 atom stereocenters. The van der Waals surface area contributed by atoms with Gasteiger partial charge in [-0.05, 0) is 58.2 Å². The van der Waals surface area contributed by atoms with Gasteiger partial charge >= 0.3 is 0 Å². The molecule has 0 aromatic heterocycles. The molecule has 2 rings (SSSR count). The lowest BCUT2D eigenvalue weighted by Gasteiger charge is -2.36. The maximum absolute atomic E-state index is 3.78. The van der Waals surface area contributed by atoms with E-state index in [1.165, 1.54) is 43.4 Å². The smallest absolute Gasteiger partial charge is 0.0475 e. The Bertz CT molecular complexity index is 408. The average molecular weight is 288 g/mol. The van der Waals surface area contributed by atoms with Gasteiger partial charge < -0.3 is 5.32 Å². The van der Waals surface area contributed by atoms with Crippen LogP contribution in [0.2, 0.25) is 0 Å². The summed E-state index contributed by atoms with van der Waals surface area (Å²) in [5.41, 5.74) is 2.77. The Balaban J connectivity index is 2.14. The standard InChI is InChI=1S/C19H32N2/c1-5-13-20-19(17-9-7-15(3)8-10-17)16(4)21(14-6-2)18-11-12-18/h7-10,16,18-20H,5-6,11-14H2,1-4H3. The van der Waals surface area contributed by atoms with Crippen LogP contribution in [0.15, 0.2) is 24.3 Å².